The predicted octanol–water partition coefficient (Wildman–Crippen LogP) is 2.60. The fourth-order valence-electron chi connectivity index (χ4n) is 3.98. The van der Waals surface area contributed by atoms with Crippen molar-refractivity contribution in [3.63, 3.8) is 0 Å². The molecule has 1 amide bonds. The summed E-state index contributed by atoms with van der Waals surface area (Å²) >= 11 is 0. The van der Waals surface area contributed by atoms with E-state index in [0.29, 0.717) is 19.0 Å². The highest BCUT2D eigenvalue weighted by atomic mass is 16.2. The normalized spacial score (nSPS) is 18.8. The Hall–Kier alpha value is -2.08. The van der Waals surface area contributed by atoms with Crippen LogP contribution in [0.5, 0.6) is 0 Å². The first-order valence-electron chi connectivity index (χ1n) is 11.2. The maximum absolute atomic E-state index is 12.2. The molecule has 0 bridgehead atoms. The van der Waals surface area contributed by atoms with Gasteiger partial charge in [0.2, 0.25) is 5.91 Å². The summed E-state index contributed by atoms with van der Waals surface area (Å²) in [5, 5.41) is 6.41. The maximum Gasteiger partial charge on any atom is 0.241 e. The Kier molecular flexibility index (Phi) is 8.35. The number of benzene rings is 1. The minimum atomic E-state index is 0.157. The number of aliphatic imine (C=N–C) groups is 1. The molecule has 6 nitrogen and oxygen atoms in total. The zero-order valence-electron chi connectivity index (χ0n) is 18.1. The lowest BCUT2D eigenvalue weighted by Gasteiger charge is -2.30. The molecule has 1 aromatic carbocycles. The smallest absolute Gasteiger partial charge is 0.241 e. The quantitative estimate of drug-likeness (QED) is 0.547. The van der Waals surface area contributed by atoms with Crippen LogP contribution >= 0.6 is 0 Å². The van der Waals surface area contributed by atoms with Gasteiger partial charge in [0.05, 0.1) is 13.1 Å². The standard InChI is InChI=1S/C23H37N5O/c1-3-24-23(26-17-22(29)28-12-4-5-13-28)25-16-20-6-8-21(9-7-20)18-27-14-10-19(2)11-15-27/h6-9,19H,3-5,10-18H2,1-2H3,(H2,24,25,26). The number of hydrogen-bond donors (Lipinski definition) is 2. The van der Waals surface area contributed by atoms with Crippen LogP contribution in [0.4, 0.5) is 0 Å². The summed E-state index contributed by atoms with van der Waals surface area (Å²) in [5.41, 5.74) is 2.55. The van der Waals surface area contributed by atoms with Crippen molar-refractivity contribution >= 4 is 11.9 Å². The van der Waals surface area contributed by atoms with E-state index < -0.39 is 0 Å². The highest BCUT2D eigenvalue weighted by Gasteiger charge is 2.18. The molecule has 2 saturated heterocycles. The van der Waals surface area contributed by atoms with Gasteiger partial charge >= 0.3 is 0 Å². The lowest BCUT2D eigenvalue weighted by Crippen LogP contribution is -2.44. The summed E-state index contributed by atoms with van der Waals surface area (Å²) in [5.74, 6) is 1.73. The van der Waals surface area contributed by atoms with Gasteiger partial charge in [0.25, 0.3) is 0 Å². The van der Waals surface area contributed by atoms with E-state index in [1.165, 1.54) is 37.1 Å². The van der Waals surface area contributed by atoms with Crippen molar-refractivity contribution < 1.29 is 4.79 Å². The molecule has 2 aliphatic heterocycles. The van der Waals surface area contributed by atoms with Crippen LogP contribution in [0.25, 0.3) is 0 Å². The van der Waals surface area contributed by atoms with Crippen LogP contribution in [0.15, 0.2) is 29.3 Å². The van der Waals surface area contributed by atoms with Gasteiger partial charge < -0.3 is 15.5 Å². The average molecular weight is 400 g/mol. The minimum Gasteiger partial charge on any atom is -0.357 e. The summed E-state index contributed by atoms with van der Waals surface area (Å²) in [4.78, 5) is 21.4. The molecule has 2 fully saturated rings. The van der Waals surface area contributed by atoms with Gasteiger partial charge in [0.1, 0.15) is 0 Å². The van der Waals surface area contributed by atoms with Crippen molar-refractivity contribution in [3.05, 3.63) is 35.4 Å². The summed E-state index contributed by atoms with van der Waals surface area (Å²) in [6.45, 7) is 11.3. The maximum atomic E-state index is 12.2. The van der Waals surface area contributed by atoms with E-state index in [9.17, 15) is 4.79 Å². The minimum absolute atomic E-state index is 0.157. The summed E-state index contributed by atoms with van der Waals surface area (Å²) < 4.78 is 0. The van der Waals surface area contributed by atoms with Crippen molar-refractivity contribution in [1.82, 2.24) is 20.4 Å². The van der Waals surface area contributed by atoms with Gasteiger partial charge in [-0.05, 0) is 62.7 Å². The monoisotopic (exact) mass is 399 g/mol. The number of likely N-dealkylation sites (tertiary alicyclic amines) is 2. The zero-order valence-corrected chi connectivity index (χ0v) is 18.1. The first kappa shape index (κ1) is 21.6. The Morgan fingerprint density at radius 2 is 1.69 bits per heavy atom. The molecule has 2 aliphatic rings. The van der Waals surface area contributed by atoms with E-state index in [2.05, 4.69) is 51.7 Å². The largest absolute Gasteiger partial charge is 0.357 e. The van der Waals surface area contributed by atoms with Gasteiger partial charge in [-0.1, -0.05) is 31.2 Å². The van der Waals surface area contributed by atoms with Crippen LogP contribution in [-0.4, -0.2) is 60.9 Å². The van der Waals surface area contributed by atoms with E-state index in [4.69, 9.17) is 0 Å². The molecule has 3 rings (SSSR count). The van der Waals surface area contributed by atoms with E-state index in [0.717, 1.165) is 44.9 Å². The fraction of sp³-hybridized carbons (Fsp3) is 0.652. The third kappa shape index (κ3) is 7.03. The van der Waals surface area contributed by atoms with Crippen molar-refractivity contribution in [3.8, 4) is 0 Å². The van der Waals surface area contributed by atoms with Gasteiger partial charge in [-0.2, -0.15) is 0 Å². The van der Waals surface area contributed by atoms with Crippen LogP contribution in [0.3, 0.4) is 0 Å². The molecule has 0 radical (unpaired) electrons. The molecule has 1 aromatic rings. The Morgan fingerprint density at radius 1 is 1.03 bits per heavy atom. The molecule has 0 saturated carbocycles. The van der Waals surface area contributed by atoms with Gasteiger partial charge in [-0.25, -0.2) is 4.99 Å². The fourth-order valence-corrected chi connectivity index (χ4v) is 3.98. The molecule has 160 valence electrons. The van der Waals surface area contributed by atoms with E-state index >= 15 is 0 Å². The first-order valence-corrected chi connectivity index (χ1v) is 11.2. The summed E-state index contributed by atoms with van der Waals surface area (Å²) in [6, 6.07) is 8.79. The Bertz CT molecular complexity index is 658. The van der Waals surface area contributed by atoms with Crippen LogP contribution < -0.4 is 10.6 Å². The van der Waals surface area contributed by atoms with Gasteiger partial charge in [0, 0.05) is 26.2 Å². The van der Waals surface area contributed by atoms with E-state index in [1.807, 2.05) is 11.8 Å². The number of carbonyl (C=O) groups excluding carboxylic acids is 1. The second kappa shape index (κ2) is 11.2. The number of amides is 1. The number of nitrogens with one attached hydrogen (secondary N) is 2. The molecule has 0 spiro atoms. The number of guanidine groups is 1. The molecule has 0 aliphatic carbocycles. The highest BCUT2D eigenvalue weighted by Crippen LogP contribution is 2.18. The first-order chi connectivity index (χ1) is 14.1. The third-order valence-corrected chi connectivity index (χ3v) is 5.94. The number of hydrogen-bond acceptors (Lipinski definition) is 3. The SMILES string of the molecule is CCNC(=NCc1ccc(CN2CCC(C)CC2)cc1)NCC(=O)N1CCCC1. The Morgan fingerprint density at radius 3 is 2.34 bits per heavy atom. The van der Waals surface area contributed by atoms with Crippen molar-refractivity contribution in [1.29, 1.82) is 0 Å². The van der Waals surface area contributed by atoms with Crippen molar-refractivity contribution in [2.75, 3.05) is 39.3 Å². The number of rotatable bonds is 7. The van der Waals surface area contributed by atoms with Crippen LogP contribution in [0, 0.1) is 5.92 Å². The molecule has 0 aromatic heterocycles. The third-order valence-electron chi connectivity index (χ3n) is 5.94. The van der Waals surface area contributed by atoms with Crippen LogP contribution in [0.2, 0.25) is 0 Å². The van der Waals surface area contributed by atoms with Gasteiger partial charge in [-0.3, -0.25) is 9.69 Å². The van der Waals surface area contributed by atoms with Crippen molar-refractivity contribution in [2.45, 2.75) is 52.6 Å². The zero-order chi connectivity index (χ0) is 20.5. The summed E-state index contributed by atoms with van der Waals surface area (Å²) in [6.07, 6.45) is 4.86. The predicted molar refractivity (Wildman–Crippen MR) is 119 cm³/mol. The molecule has 2 N–H and O–H groups in total. The molecular formula is C23H37N5O. The van der Waals surface area contributed by atoms with Crippen LogP contribution in [-0.2, 0) is 17.9 Å². The molecule has 0 unspecified atom stereocenters. The summed E-state index contributed by atoms with van der Waals surface area (Å²) in [7, 11) is 0. The Labute approximate surface area is 175 Å². The topological polar surface area (TPSA) is 60.0 Å². The van der Waals surface area contributed by atoms with Gasteiger partial charge in [-0.15, -0.1) is 0 Å². The number of carbonyl (C=O) groups is 1. The molecule has 2 heterocycles. The lowest BCUT2D eigenvalue weighted by atomic mass is 9.99. The number of piperidine rings is 1. The average Bonchev–Trinajstić information content (AvgIpc) is 3.28. The molecule has 6 heteroatoms. The van der Waals surface area contributed by atoms with E-state index in [1.54, 1.807) is 0 Å². The molecule has 29 heavy (non-hydrogen) atoms. The second-order valence-corrected chi connectivity index (χ2v) is 8.41. The highest BCUT2D eigenvalue weighted by molar-refractivity contribution is 5.86. The van der Waals surface area contributed by atoms with E-state index in [-0.39, 0.29) is 5.91 Å². The molecular weight excluding hydrogens is 362 g/mol. The van der Waals surface area contributed by atoms with Crippen molar-refractivity contribution in [2.24, 2.45) is 10.9 Å². The second-order valence-electron chi connectivity index (χ2n) is 8.41. The molecule has 0 atom stereocenters. The van der Waals surface area contributed by atoms with Crippen LogP contribution in [0.1, 0.15) is 50.7 Å². The number of nitrogens with zero attached hydrogens (tertiary/aromatic N) is 3. The lowest BCUT2D eigenvalue weighted by molar-refractivity contribution is -0.128. The van der Waals surface area contributed by atoms with Gasteiger partial charge in [0.15, 0.2) is 5.96 Å². The Balaban J connectivity index is 1.47.